The van der Waals surface area contributed by atoms with Crippen LogP contribution in [0.5, 0.6) is 0 Å². The third kappa shape index (κ3) is 5.95. The topological polar surface area (TPSA) is 41.6 Å². The van der Waals surface area contributed by atoms with E-state index in [1.54, 1.807) is 0 Å². The summed E-state index contributed by atoms with van der Waals surface area (Å²) in [5.41, 5.74) is -0.566. The highest BCUT2D eigenvalue weighted by Gasteiger charge is 2.34. The quantitative estimate of drug-likeness (QED) is 0.497. The number of ether oxygens (including phenoxy) is 1. The summed E-state index contributed by atoms with van der Waals surface area (Å²) in [5.74, 6) is 0.758. The van der Waals surface area contributed by atoms with E-state index in [1.165, 1.54) is 20.0 Å². The summed E-state index contributed by atoms with van der Waals surface area (Å²) < 4.78 is 4.96. The van der Waals surface area contributed by atoms with Crippen molar-refractivity contribution in [2.24, 2.45) is 5.92 Å². The zero-order valence-electron chi connectivity index (χ0n) is 14.7. The van der Waals surface area contributed by atoms with Crippen molar-refractivity contribution in [1.82, 2.24) is 10.2 Å². The van der Waals surface area contributed by atoms with Crippen molar-refractivity contribution in [3.63, 3.8) is 0 Å². The number of unbranched alkanes of at least 4 members (excludes halogenated alkanes) is 1. The maximum atomic E-state index is 12.0. The zero-order chi connectivity index (χ0) is 16.0. The fraction of sp³-hybridized carbons (Fsp3) is 0.941. The Kier molecular flexibility index (Phi) is 7.14. The molecular formula is C17H34N2O2. The van der Waals surface area contributed by atoms with Crippen LogP contribution in [0, 0.1) is 5.92 Å². The van der Waals surface area contributed by atoms with Crippen molar-refractivity contribution >= 4 is 5.97 Å². The van der Waals surface area contributed by atoms with E-state index in [4.69, 9.17) is 4.74 Å². The first-order chi connectivity index (χ1) is 9.80. The lowest BCUT2D eigenvalue weighted by Crippen LogP contribution is -2.53. The minimum atomic E-state index is -0.566. The van der Waals surface area contributed by atoms with Gasteiger partial charge in [0.15, 0.2) is 0 Å². The minimum Gasteiger partial charge on any atom is -0.468 e. The highest BCUT2D eigenvalue weighted by Crippen LogP contribution is 2.34. The third-order valence-corrected chi connectivity index (χ3v) is 4.68. The van der Waals surface area contributed by atoms with Gasteiger partial charge in [-0.3, -0.25) is 10.1 Å². The van der Waals surface area contributed by atoms with Gasteiger partial charge in [0.1, 0.15) is 5.54 Å². The Hall–Kier alpha value is -0.610. The average Bonchev–Trinajstić information content (AvgIpc) is 3.25. The van der Waals surface area contributed by atoms with E-state index in [2.05, 4.69) is 38.0 Å². The largest absolute Gasteiger partial charge is 0.468 e. The van der Waals surface area contributed by atoms with Crippen LogP contribution in [0.3, 0.4) is 0 Å². The second kappa shape index (κ2) is 8.14. The van der Waals surface area contributed by atoms with Crippen LogP contribution in [-0.4, -0.2) is 49.2 Å². The highest BCUT2D eigenvalue weighted by atomic mass is 16.5. The predicted molar refractivity (Wildman–Crippen MR) is 87.4 cm³/mol. The molecule has 0 heterocycles. The molecule has 1 rings (SSSR count). The van der Waals surface area contributed by atoms with Crippen molar-refractivity contribution in [3.8, 4) is 0 Å². The van der Waals surface area contributed by atoms with Gasteiger partial charge in [0.25, 0.3) is 0 Å². The highest BCUT2D eigenvalue weighted by molar-refractivity contribution is 5.80. The van der Waals surface area contributed by atoms with Gasteiger partial charge in [0, 0.05) is 12.1 Å². The van der Waals surface area contributed by atoms with E-state index in [0.29, 0.717) is 6.04 Å². The molecule has 1 N–H and O–H groups in total. The van der Waals surface area contributed by atoms with Crippen LogP contribution < -0.4 is 5.32 Å². The first kappa shape index (κ1) is 18.4. The first-order valence-electron chi connectivity index (χ1n) is 8.36. The smallest absolute Gasteiger partial charge is 0.325 e. The van der Waals surface area contributed by atoms with Crippen LogP contribution in [0.2, 0.25) is 0 Å². The van der Waals surface area contributed by atoms with Crippen molar-refractivity contribution in [2.45, 2.75) is 77.4 Å². The van der Waals surface area contributed by atoms with Crippen LogP contribution >= 0.6 is 0 Å². The molecule has 0 radical (unpaired) electrons. The molecule has 1 aliphatic carbocycles. The number of hydrogen-bond acceptors (Lipinski definition) is 4. The molecule has 0 bridgehead atoms. The summed E-state index contributed by atoms with van der Waals surface area (Å²) >= 11 is 0. The lowest BCUT2D eigenvalue weighted by molar-refractivity contribution is -0.148. The Labute approximate surface area is 130 Å². The van der Waals surface area contributed by atoms with Crippen molar-refractivity contribution in [1.29, 1.82) is 0 Å². The summed E-state index contributed by atoms with van der Waals surface area (Å²) in [7, 11) is 3.68. The van der Waals surface area contributed by atoms with Gasteiger partial charge < -0.3 is 9.64 Å². The molecule has 0 aromatic carbocycles. The summed E-state index contributed by atoms with van der Waals surface area (Å²) in [6.07, 6.45) is 5.77. The Morgan fingerprint density at radius 2 is 1.95 bits per heavy atom. The van der Waals surface area contributed by atoms with Crippen molar-refractivity contribution in [2.75, 3.05) is 20.7 Å². The number of nitrogens with one attached hydrogen (secondary N) is 1. The molecule has 0 saturated heterocycles. The summed E-state index contributed by atoms with van der Waals surface area (Å²) in [6, 6.07) is 0.970. The van der Waals surface area contributed by atoms with Gasteiger partial charge in [-0.25, -0.2) is 0 Å². The van der Waals surface area contributed by atoms with Gasteiger partial charge in [0.2, 0.25) is 0 Å². The molecule has 1 saturated carbocycles. The lowest BCUT2D eigenvalue weighted by Gasteiger charge is -2.31. The summed E-state index contributed by atoms with van der Waals surface area (Å²) in [6.45, 7) is 9.51. The molecule has 124 valence electrons. The maximum Gasteiger partial charge on any atom is 0.325 e. The third-order valence-electron chi connectivity index (χ3n) is 4.68. The number of esters is 1. The normalized spacial score (nSPS) is 19.6. The van der Waals surface area contributed by atoms with Crippen molar-refractivity contribution in [3.05, 3.63) is 0 Å². The molecule has 0 aromatic rings. The standard InChI is InChI=1S/C17H34N2O2/c1-13(2)18-17(4,16(20)21-6)11-7-8-12-19(5)14(3)15-9-10-15/h13-15,18H,7-12H2,1-6H3. The molecule has 2 unspecified atom stereocenters. The molecule has 21 heavy (non-hydrogen) atoms. The van der Waals surface area contributed by atoms with E-state index in [9.17, 15) is 4.79 Å². The molecule has 0 amide bonds. The van der Waals surface area contributed by atoms with E-state index >= 15 is 0 Å². The fourth-order valence-corrected chi connectivity index (χ4v) is 3.08. The molecule has 4 nitrogen and oxygen atoms in total. The van der Waals surface area contributed by atoms with Crippen molar-refractivity contribution < 1.29 is 9.53 Å². The maximum absolute atomic E-state index is 12.0. The number of hydrogen-bond donors (Lipinski definition) is 1. The van der Waals surface area contributed by atoms with Crippen LogP contribution in [0.1, 0.15) is 59.8 Å². The van der Waals surface area contributed by atoms with Gasteiger partial charge in [-0.05, 0) is 79.3 Å². The van der Waals surface area contributed by atoms with Crippen LogP contribution in [0.4, 0.5) is 0 Å². The van der Waals surface area contributed by atoms with Gasteiger partial charge >= 0.3 is 5.97 Å². The summed E-state index contributed by atoms with van der Waals surface area (Å²) in [4.78, 5) is 14.5. The molecule has 0 spiro atoms. The van der Waals surface area contributed by atoms with E-state index < -0.39 is 5.54 Å². The number of nitrogens with zero attached hydrogens (tertiary/aromatic N) is 1. The van der Waals surface area contributed by atoms with Crippen LogP contribution in [0.15, 0.2) is 0 Å². The molecule has 2 atom stereocenters. The van der Waals surface area contributed by atoms with E-state index in [-0.39, 0.29) is 12.0 Å². The van der Waals surface area contributed by atoms with Gasteiger partial charge in [-0.1, -0.05) is 0 Å². The average molecular weight is 298 g/mol. The Bertz CT molecular complexity index is 329. The van der Waals surface area contributed by atoms with Crippen LogP contribution in [-0.2, 0) is 9.53 Å². The molecule has 0 aliphatic heterocycles. The molecular weight excluding hydrogens is 264 g/mol. The number of rotatable bonds is 10. The first-order valence-corrected chi connectivity index (χ1v) is 8.36. The lowest BCUT2D eigenvalue weighted by atomic mass is 9.93. The second-order valence-corrected chi connectivity index (χ2v) is 7.14. The fourth-order valence-electron chi connectivity index (χ4n) is 3.08. The minimum absolute atomic E-state index is 0.157. The van der Waals surface area contributed by atoms with E-state index in [1.807, 2.05) is 6.92 Å². The van der Waals surface area contributed by atoms with Gasteiger partial charge in [0.05, 0.1) is 7.11 Å². The van der Waals surface area contributed by atoms with Gasteiger partial charge in [-0.15, -0.1) is 0 Å². The SMILES string of the molecule is COC(=O)C(C)(CCCCN(C)C(C)C1CC1)NC(C)C. The number of carbonyl (C=O) groups is 1. The Morgan fingerprint density at radius 3 is 2.43 bits per heavy atom. The van der Waals surface area contributed by atoms with Crippen LogP contribution in [0.25, 0.3) is 0 Å². The summed E-state index contributed by atoms with van der Waals surface area (Å²) in [5, 5.41) is 3.36. The molecule has 0 aromatic heterocycles. The molecule has 1 aliphatic rings. The number of methoxy groups -OCH3 is 1. The molecule has 1 fully saturated rings. The number of carbonyl (C=O) groups excluding carboxylic acids is 1. The zero-order valence-corrected chi connectivity index (χ0v) is 14.7. The van der Waals surface area contributed by atoms with Gasteiger partial charge in [-0.2, -0.15) is 0 Å². The van der Waals surface area contributed by atoms with E-state index in [0.717, 1.165) is 31.7 Å². The Morgan fingerprint density at radius 1 is 1.33 bits per heavy atom. The second-order valence-electron chi connectivity index (χ2n) is 7.14. The predicted octanol–water partition coefficient (Wildman–Crippen LogP) is 2.82. The molecule has 4 heteroatoms. The monoisotopic (exact) mass is 298 g/mol. The Balaban J connectivity index is 2.33.